The van der Waals surface area contributed by atoms with Gasteiger partial charge in [-0.2, -0.15) is 0 Å². The minimum atomic E-state index is -0.856. The summed E-state index contributed by atoms with van der Waals surface area (Å²) in [5.41, 5.74) is 4.27. The van der Waals surface area contributed by atoms with Crippen molar-refractivity contribution < 1.29 is 24.6 Å². The van der Waals surface area contributed by atoms with Gasteiger partial charge in [-0.3, -0.25) is 14.4 Å². The second kappa shape index (κ2) is 13.9. The Balaban J connectivity index is 0.000000189. The SMILES string of the molecule is Cc1cccc(NC(=O)C2CCCCC2C(=O)O)c1C.O=C(O)CCCCc1c2ccccc2cc2ccccc12. The molecule has 0 heterocycles. The van der Waals surface area contributed by atoms with Crippen LogP contribution >= 0.6 is 0 Å². The predicted molar refractivity (Wildman–Crippen MR) is 164 cm³/mol. The quantitative estimate of drug-likeness (QED) is 0.152. The molecule has 1 amide bonds. The van der Waals surface area contributed by atoms with Crippen LogP contribution in [-0.4, -0.2) is 28.1 Å². The van der Waals surface area contributed by atoms with Crippen LogP contribution in [0.1, 0.15) is 61.6 Å². The third kappa shape index (κ3) is 7.51. The maximum absolute atomic E-state index is 12.4. The minimum Gasteiger partial charge on any atom is -0.481 e. The highest BCUT2D eigenvalue weighted by atomic mass is 16.4. The Hall–Kier alpha value is -4.19. The summed E-state index contributed by atoms with van der Waals surface area (Å²) < 4.78 is 0. The molecule has 1 fully saturated rings. The zero-order valence-corrected chi connectivity index (χ0v) is 23.9. The molecule has 1 saturated carbocycles. The Labute approximate surface area is 241 Å². The van der Waals surface area contributed by atoms with E-state index in [-0.39, 0.29) is 12.3 Å². The van der Waals surface area contributed by atoms with E-state index in [9.17, 15) is 19.5 Å². The van der Waals surface area contributed by atoms with Gasteiger partial charge in [0.1, 0.15) is 0 Å². The Bertz CT molecular complexity index is 1490. The molecule has 6 heteroatoms. The Morgan fingerprint density at radius 2 is 1.39 bits per heavy atom. The molecule has 2 atom stereocenters. The normalized spacial score (nSPS) is 16.5. The number of unbranched alkanes of at least 4 members (excludes halogenated alkanes) is 1. The van der Waals surface area contributed by atoms with Crippen molar-refractivity contribution in [3.05, 3.63) is 89.5 Å². The summed E-state index contributed by atoms with van der Waals surface area (Å²) in [5, 5.41) is 26.0. The van der Waals surface area contributed by atoms with Crippen molar-refractivity contribution >= 4 is 45.1 Å². The van der Waals surface area contributed by atoms with Crippen molar-refractivity contribution in [1.29, 1.82) is 0 Å². The molecule has 4 aromatic rings. The first-order valence-electron chi connectivity index (χ1n) is 14.5. The lowest BCUT2D eigenvalue weighted by molar-refractivity contribution is -0.147. The fourth-order valence-electron chi connectivity index (χ4n) is 5.81. The minimum absolute atomic E-state index is 0.161. The number of aliphatic carboxylic acids is 2. The summed E-state index contributed by atoms with van der Waals surface area (Å²) in [4.78, 5) is 34.3. The van der Waals surface area contributed by atoms with Gasteiger partial charge in [-0.25, -0.2) is 0 Å². The number of benzene rings is 4. The molecule has 0 aromatic heterocycles. The van der Waals surface area contributed by atoms with Gasteiger partial charge in [0.2, 0.25) is 5.91 Å². The first-order chi connectivity index (χ1) is 19.8. The largest absolute Gasteiger partial charge is 0.481 e. The van der Waals surface area contributed by atoms with Crippen molar-refractivity contribution in [2.45, 2.75) is 65.2 Å². The van der Waals surface area contributed by atoms with E-state index in [1.807, 2.05) is 32.0 Å². The van der Waals surface area contributed by atoms with Crippen LogP contribution in [0.2, 0.25) is 0 Å². The molecule has 0 spiro atoms. The van der Waals surface area contributed by atoms with Crippen molar-refractivity contribution in [1.82, 2.24) is 0 Å². The number of anilines is 1. The van der Waals surface area contributed by atoms with Gasteiger partial charge in [0.05, 0.1) is 11.8 Å². The predicted octanol–water partition coefficient (Wildman–Crippen LogP) is 7.92. The molecular formula is C35H39NO5. The van der Waals surface area contributed by atoms with Gasteiger partial charge in [0.15, 0.2) is 0 Å². The number of fused-ring (bicyclic) bond motifs is 2. The molecule has 5 rings (SSSR count). The molecule has 0 bridgehead atoms. The number of rotatable bonds is 8. The van der Waals surface area contributed by atoms with Crippen LogP contribution in [0.5, 0.6) is 0 Å². The van der Waals surface area contributed by atoms with Gasteiger partial charge >= 0.3 is 11.9 Å². The lowest BCUT2D eigenvalue weighted by Crippen LogP contribution is -2.36. The van der Waals surface area contributed by atoms with Gasteiger partial charge in [0.25, 0.3) is 0 Å². The standard InChI is InChI=1S/C19H18O2.C16H21NO3/c20-19(21)12-6-5-11-18-16-9-3-1-7-14(16)13-15-8-2-4-10-17(15)18;1-10-6-5-9-14(11(10)2)17-15(18)12-7-3-4-8-13(12)16(19)20/h1-4,7-10,13H,5-6,11-12H2,(H,20,21);5-6,9,12-13H,3-4,7-8H2,1-2H3,(H,17,18)(H,19,20). The van der Waals surface area contributed by atoms with Crippen LogP contribution in [0, 0.1) is 25.7 Å². The fraction of sp³-hybridized carbons (Fsp3) is 0.343. The first-order valence-corrected chi connectivity index (χ1v) is 14.5. The molecular weight excluding hydrogens is 514 g/mol. The van der Waals surface area contributed by atoms with Crippen LogP contribution < -0.4 is 5.32 Å². The summed E-state index contributed by atoms with van der Waals surface area (Å²) >= 11 is 0. The number of carboxylic acids is 2. The van der Waals surface area contributed by atoms with Gasteiger partial charge in [-0.05, 0) is 96.3 Å². The maximum Gasteiger partial charge on any atom is 0.307 e. The summed E-state index contributed by atoms with van der Waals surface area (Å²) in [7, 11) is 0. The second-order valence-corrected chi connectivity index (χ2v) is 11.0. The van der Waals surface area contributed by atoms with E-state index in [1.54, 1.807) is 0 Å². The van der Waals surface area contributed by atoms with Crippen molar-refractivity contribution in [3.8, 4) is 0 Å². The van der Waals surface area contributed by atoms with E-state index in [1.165, 1.54) is 27.1 Å². The topological polar surface area (TPSA) is 104 Å². The smallest absolute Gasteiger partial charge is 0.307 e. The highest BCUT2D eigenvalue weighted by molar-refractivity contribution is 6.02. The number of aryl methyl sites for hydroxylation is 2. The molecule has 214 valence electrons. The molecule has 6 nitrogen and oxygen atoms in total. The van der Waals surface area contributed by atoms with Gasteiger partial charge in [0, 0.05) is 12.1 Å². The Kier molecular flexibility index (Phi) is 10.1. The highest BCUT2D eigenvalue weighted by Gasteiger charge is 2.35. The summed E-state index contributed by atoms with van der Waals surface area (Å²) in [6.45, 7) is 3.95. The molecule has 1 aliphatic rings. The first kappa shape index (κ1) is 29.8. The molecule has 4 aromatic carbocycles. The number of nitrogens with one attached hydrogen (secondary N) is 1. The molecule has 1 aliphatic carbocycles. The number of amides is 1. The number of carboxylic acid groups (broad SMARTS) is 2. The van der Waals surface area contributed by atoms with Crippen LogP contribution in [-0.2, 0) is 20.8 Å². The lowest BCUT2D eigenvalue weighted by atomic mass is 9.78. The molecule has 0 aliphatic heterocycles. The molecule has 0 radical (unpaired) electrons. The zero-order chi connectivity index (χ0) is 29.4. The summed E-state index contributed by atoms with van der Waals surface area (Å²) in [6.07, 6.45) is 5.89. The van der Waals surface area contributed by atoms with Crippen molar-refractivity contribution in [2.75, 3.05) is 5.32 Å². The van der Waals surface area contributed by atoms with Crippen LogP contribution in [0.4, 0.5) is 5.69 Å². The van der Waals surface area contributed by atoms with Gasteiger partial charge < -0.3 is 15.5 Å². The van der Waals surface area contributed by atoms with Crippen LogP contribution in [0.15, 0.2) is 72.8 Å². The van der Waals surface area contributed by atoms with E-state index < -0.39 is 23.8 Å². The van der Waals surface area contributed by atoms with Gasteiger partial charge in [-0.15, -0.1) is 0 Å². The number of hydrogen-bond acceptors (Lipinski definition) is 3. The molecule has 2 unspecified atom stereocenters. The van der Waals surface area contributed by atoms with E-state index in [2.05, 4.69) is 59.9 Å². The van der Waals surface area contributed by atoms with E-state index >= 15 is 0 Å². The maximum atomic E-state index is 12.4. The van der Waals surface area contributed by atoms with Crippen LogP contribution in [0.25, 0.3) is 21.5 Å². The van der Waals surface area contributed by atoms with Crippen LogP contribution in [0.3, 0.4) is 0 Å². The van der Waals surface area contributed by atoms with Gasteiger partial charge in [-0.1, -0.05) is 73.5 Å². The van der Waals surface area contributed by atoms with E-state index in [0.717, 1.165) is 48.9 Å². The van der Waals surface area contributed by atoms with E-state index in [4.69, 9.17) is 5.11 Å². The number of hydrogen-bond donors (Lipinski definition) is 3. The van der Waals surface area contributed by atoms with Crippen molar-refractivity contribution in [3.63, 3.8) is 0 Å². The number of carbonyl (C=O) groups excluding carboxylic acids is 1. The molecule has 3 N–H and O–H groups in total. The zero-order valence-electron chi connectivity index (χ0n) is 23.9. The molecule has 41 heavy (non-hydrogen) atoms. The average molecular weight is 554 g/mol. The second-order valence-electron chi connectivity index (χ2n) is 11.0. The molecule has 0 saturated heterocycles. The Morgan fingerprint density at radius 3 is 2.00 bits per heavy atom. The monoisotopic (exact) mass is 553 g/mol. The van der Waals surface area contributed by atoms with E-state index in [0.29, 0.717) is 12.8 Å². The number of carbonyl (C=O) groups is 3. The third-order valence-electron chi connectivity index (χ3n) is 8.23. The fourth-order valence-corrected chi connectivity index (χ4v) is 5.81. The third-order valence-corrected chi connectivity index (χ3v) is 8.23. The summed E-state index contributed by atoms with van der Waals surface area (Å²) in [5.74, 6) is -2.69. The highest BCUT2D eigenvalue weighted by Crippen LogP contribution is 2.32. The Morgan fingerprint density at radius 1 is 0.780 bits per heavy atom. The summed E-state index contributed by atoms with van der Waals surface area (Å²) in [6, 6.07) is 24.8. The van der Waals surface area contributed by atoms with Crippen molar-refractivity contribution in [2.24, 2.45) is 11.8 Å². The lowest BCUT2D eigenvalue weighted by Gasteiger charge is -2.27. The average Bonchev–Trinajstić information content (AvgIpc) is 2.97.